The first kappa shape index (κ1) is 24.7. The molecule has 1 aromatic heterocycles. The summed E-state index contributed by atoms with van der Waals surface area (Å²) < 4.78 is 44.2. The molecule has 184 valence electrons. The quantitative estimate of drug-likeness (QED) is 0.491. The lowest BCUT2D eigenvalue weighted by molar-refractivity contribution is -0.152. The first-order chi connectivity index (χ1) is 16.3. The molecule has 0 spiro atoms. The Bertz CT molecular complexity index is 1280. The van der Waals surface area contributed by atoms with Gasteiger partial charge in [0, 0.05) is 18.7 Å². The van der Waals surface area contributed by atoms with Crippen LogP contribution in [0, 0.1) is 6.92 Å². The van der Waals surface area contributed by atoms with Crippen molar-refractivity contribution in [2.45, 2.75) is 45.5 Å². The number of hydrogen-bond donors (Lipinski definition) is 1. The van der Waals surface area contributed by atoms with Crippen LogP contribution in [0.25, 0.3) is 10.6 Å². The van der Waals surface area contributed by atoms with Crippen LogP contribution in [0.5, 0.6) is 5.75 Å². The minimum absolute atomic E-state index is 0.207. The predicted octanol–water partition coefficient (Wildman–Crippen LogP) is 5.58. The van der Waals surface area contributed by atoms with E-state index in [2.05, 4.69) is 4.98 Å². The van der Waals surface area contributed by atoms with E-state index in [-0.39, 0.29) is 5.91 Å². The topological polar surface area (TPSA) is 79.7 Å². The van der Waals surface area contributed by atoms with E-state index in [0.29, 0.717) is 46.4 Å². The first-order valence-electron chi connectivity index (χ1n) is 10.8. The Balaban J connectivity index is 1.53. The number of carboxylic acids is 1. The van der Waals surface area contributed by atoms with E-state index < -0.39 is 23.3 Å². The monoisotopic (exact) mass is 504 g/mol. The van der Waals surface area contributed by atoms with Gasteiger partial charge in [-0.05, 0) is 62.6 Å². The van der Waals surface area contributed by atoms with Crippen LogP contribution in [-0.2, 0) is 23.9 Å². The molecule has 0 radical (unpaired) electrons. The summed E-state index contributed by atoms with van der Waals surface area (Å²) in [4.78, 5) is 31.2. The van der Waals surface area contributed by atoms with Crippen molar-refractivity contribution in [1.29, 1.82) is 0 Å². The number of aliphatic carboxylic acids is 1. The molecule has 35 heavy (non-hydrogen) atoms. The maximum Gasteiger partial charge on any atom is 0.416 e. The molecular formula is C25H23F3N2O4S. The fourth-order valence-electron chi connectivity index (χ4n) is 3.77. The van der Waals surface area contributed by atoms with Crippen molar-refractivity contribution in [3.05, 3.63) is 69.7 Å². The lowest BCUT2D eigenvalue weighted by Crippen LogP contribution is -2.38. The maximum atomic E-state index is 13.3. The molecule has 1 amide bonds. The third kappa shape index (κ3) is 5.17. The number of amides is 1. The van der Waals surface area contributed by atoms with Crippen molar-refractivity contribution in [1.82, 2.24) is 9.88 Å². The first-order valence-corrected chi connectivity index (χ1v) is 11.7. The van der Waals surface area contributed by atoms with Crippen LogP contribution in [0.4, 0.5) is 13.2 Å². The van der Waals surface area contributed by atoms with Crippen LogP contribution in [0.3, 0.4) is 0 Å². The Morgan fingerprint density at radius 2 is 1.77 bits per heavy atom. The van der Waals surface area contributed by atoms with Gasteiger partial charge in [-0.1, -0.05) is 18.2 Å². The SMILES string of the molecule is Cc1nc(-c2ccc(C(F)(F)F)cc2)sc1C(=O)N1CCc2ccc(OC(C)(C)C(=O)O)cc2C1. The van der Waals surface area contributed by atoms with Gasteiger partial charge in [-0.25, -0.2) is 9.78 Å². The third-order valence-corrected chi connectivity index (χ3v) is 7.01. The molecule has 2 aromatic carbocycles. The molecule has 4 rings (SSSR count). The smallest absolute Gasteiger partial charge is 0.416 e. The van der Waals surface area contributed by atoms with Crippen molar-refractivity contribution in [2.75, 3.05) is 6.54 Å². The Labute approximate surface area is 204 Å². The van der Waals surface area contributed by atoms with Crippen LogP contribution >= 0.6 is 11.3 Å². The van der Waals surface area contributed by atoms with Crippen molar-refractivity contribution >= 4 is 23.2 Å². The highest BCUT2D eigenvalue weighted by Crippen LogP contribution is 2.34. The number of rotatable bonds is 5. The average molecular weight is 505 g/mol. The number of ether oxygens (including phenoxy) is 1. The zero-order chi connectivity index (χ0) is 25.5. The van der Waals surface area contributed by atoms with Crippen molar-refractivity contribution < 1.29 is 32.6 Å². The van der Waals surface area contributed by atoms with E-state index in [1.165, 1.54) is 26.0 Å². The summed E-state index contributed by atoms with van der Waals surface area (Å²) in [6.07, 6.45) is -3.79. The lowest BCUT2D eigenvalue weighted by atomic mass is 9.99. The number of nitrogens with zero attached hydrogens (tertiary/aromatic N) is 2. The Morgan fingerprint density at radius 3 is 2.40 bits per heavy atom. The average Bonchev–Trinajstić information content (AvgIpc) is 3.18. The molecule has 1 aliphatic rings. The van der Waals surface area contributed by atoms with Gasteiger partial charge in [0.15, 0.2) is 5.60 Å². The fourth-order valence-corrected chi connectivity index (χ4v) is 4.81. The summed E-state index contributed by atoms with van der Waals surface area (Å²) in [6, 6.07) is 10.1. The number of fused-ring (bicyclic) bond motifs is 1. The minimum atomic E-state index is -4.42. The van der Waals surface area contributed by atoms with Gasteiger partial charge in [-0.3, -0.25) is 4.79 Å². The lowest BCUT2D eigenvalue weighted by Gasteiger charge is -2.29. The molecule has 3 aromatic rings. The zero-order valence-corrected chi connectivity index (χ0v) is 20.1. The maximum absolute atomic E-state index is 13.3. The van der Waals surface area contributed by atoms with Gasteiger partial charge in [0.1, 0.15) is 15.6 Å². The molecule has 6 nitrogen and oxygen atoms in total. The molecule has 0 unspecified atom stereocenters. The van der Waals surface area contributed by atoms with E-state index in [1.54, 1.807) is 24.0 Å². The highest BCUT2D eigenvalue weighted by molar-refractivity contribution is 7.17. The van der Waals surface area contributed by atoms with Gasteiger partial charge in [-0.15, -0.1) is 11.3 Å². The number of hydrogen-bond acceptors (Lipinski definition) is 5. The Kier molecular flexibility index (Phi) is 6.35. The fraction of sp³-hybridized carbons (Fsp3) is 0.320. The highest BCUT2D eigenvalue weighted by Gasteiger charge is 2.32. The molecule has 0 bridgehead atoms. The van der Waals surface area contributed by atoms with Crippen LogP contribution in [0.2, 0.25) is 0 Å². The molecule has 2 heterocycles. The highest BCUT2D eigenvalue weighted by atomic mass is 32.1. The number of halogens is 3. The van der Waals surface area contributed by atoms with Crippen LogP contribution < -0.4 is 4.74 Å². The van der Waals surface area contributed by atoms with E-state index >= 15 is 0 Å². The normalized spacial score (nSPS) is 13.9. The molecule has 1 aliphatic heterocycles. The molecule has 0 aliphatic carbocycles. The summed E-state index contributed by atoms with van der Waals surface area (Å²) >= 11 is 1.15. The summed E-state index contributed by atoms with van der Waals surface area (Å²) in [5.74, 6) is -0.887. The number of aromatic nitrogens is 1. The number of carboxylic acid groups (broad SMARTS) is 1. The molecule has 1 N–H and O–H groups in total. The number of carbonyl (C=O) groups excluding carboxylic acids is 1. The second kappa shape index (κ2) is 8.99. The van der Waals surface area contributed by atoms with Gasteiger partial charge in [0.2, 0.25) is 0 Å². The van der Waals surface area contributed by atoms with E-state index in [1.807, 2.05) is 6.07 Å². The molecule has 0 saturated heterocycles. The third-order valence-electron chi connectivity index (χ3n) is 5.82. The second-order valence-corrected chi connectivity index (χ2v) is 9.83. The molecule has 0 atom stereocenters. The van der Waals surface area contributed by atoms with Gasteiger partial charge in [0.25, 0.3) is 5.91 Å². The number of alkyl halides is 3. The van der Waals surface area contributed by atoms with E-state index in [0.717, 1.165) is 34.6 Å². The summed E-state index contributed by atoms with van der Waals surface area (Å²) in [7, 11) is 0. The van der Waals surface area contributed by atoms with E-state index in [9.17, 15) is 27.9 Å². The molecule has 0 fully saturated rings. The Morgan fingerprint density at radius 1 is 1.09 bits per heavy atom. The second-order valence-electron chi connectivity index (χ2n) is 8.83. The predicted molar refractivity (Wildman–Crippen MR) is 125 cm³/mol. The standard InChI is InChI=1S/C25H23F3N2O4S/c1-14-20(35-21(29-14)16-4-7-18(8-5-16)25(26,27)28)22(31)30-11-10-15-6-9-19(12-17(15)13-30)34-24(2,3)23(32)33/h4-9,12H,10-11,13H2,1-3H3,(H,32,33). The number of thiazole rings is 1. The van der Waals surface area contributed by atoms with Gasteiger partial charge in [0.05, 0.1) is 11.3 Å². The summed E-state index contributed by atoms with van der Waals surface area (Å²) in [6.45, 7) is 5.46. The van der Waals surface area contributed by atoms with Gasteiger partial charge >= 0.3 is 12.1 Å². The molecular weight excluding hydrogens is 481 g/mol. The van der Waals surface area contributed by atoms with Crippen LogP contribution in [-0.4, -0.2) is 39.0 Å². The minimum Gasteiger partial charge on any atom is -0.478 e. The zero-order valence-electron chi connectivity index (χ0n) is 19.3. The number of benzene rings is 2. The van der Waals surface area contributed by atoms with Crippen LogP contribution in [0.15, 0.2) is 42.5 Å². The molecule has 10 heteroatoms. The van der Waals surface area contributed by atoms with Crippen molar-refractivity contribution in [3.8, 4) is 16.3 Å². The summed E-state index contributed by atoms with van der Waals surface area (Å²) in [5, 5.41) is 9.78. The Hall–Kier alpha value is -3.40. The van der Waals surface area contributed by atoms with Gasteiger partial charge in [-0.2, -0.15) is 13.2 Å². The van der Waals surface area contributed by atoms with E-state index in [4.69, 9.17) is 4.74 Å². The van der Waals surface area contributed by atoms with Crippen LogP contribution in [0.1, 0.15) is 45.9 Å². The summed E-state index contributed by atoms with van der Waals surface area (Å²) in [5.41, 5.74) is 0.813. The van der Waals surface area contributed by atoms with Crippen molar-refractivity contribution in [2.24, 2.45) is 0 Å². The number of aryl methyl sites for hydroxylation is 1. The number of carbonyl (C=O) groups is 2. The molecule has 0 saturated carbocycles. The van der Waals surface area contributed by atoms with Gasteiger partial charge < -0.3 is 14.7 Å². The largest absolute Gasteiger partial charge is 0.478 e. The van der Waals surface area contributed by atoms with Crippen molar-refractivity contribution in [3.63, 3.8) is 0 Å².